The fourth-order valence-electron chi connectivity index (χ4n) is 2.32. The molecule has 2 aromatic heterocycles. The Kier molecular flexibility index (Phi) is 4.87. The monoisotopic (exact) mass is 357 g/mol. The van der Waals surface area contributed by atoms with Crippen LogP contribution >= 0.6 is 0 Å². The number of hydrogen-bond acceptors (Lipinski definition) is 4. The first-order chi connectivity index (χ1) is 12.0. The molecule has 3 rings (SSSR count). The lowest BCUT2D eigenvalue weighted by Gasteiger charge is -2.09. The fourth-order valence-corrected chi connectivity index (χ4v) is 3.42. The molecule has 0 aliphatic rings. The van der Waals surface area contributed by atoms with Crippen molar-refractivity contribution in [1.82, 2.24) is 14.7 Å². The van der Waals surface area contributed by atoms with Crippen molar-refractivity contribution in [2.24, 2.45) is 0 Å². The van der Waals surface area contributed by atoms with Crippen LogP contribution in [0.3, 0.4) is 0 Å². The molecule has 1 N–H and O–H groups in total. The molecule has 0 aliphatic carbocycles. The zero-order valence-corrected chi connectivity index (χ0v) is 14.3. The Morgan fingerprint density at radius 3 is 2.56 bits per heavy atom. The third-order valence-corrected chi connectivity index (χ3v) is 5.09. The maximum absolute atomic E-state index is 13.3. The van der Waals surface area contributed by atoms with Crippen LogP contribution in [0.15, 0.2) is 66.1 Å². The summed E-state index contributed by atoms with van der Waals surface area (Å²) in [5.74, 6) is -0.438. The van der Waals surface area contributed by atoms with E-state index in [9.17, 15) is 12.8 Å². The van der Waals surface area contributed by atoms with Crippen LogP contribution in [-0.2, 0) is 16.6 Å². The Hall–Kier alpha value is -2.64. The van der Waals surface area contributed by atoms with Crippen molar-refractivity contribution in [2.75, 3.05) is 0 Å². The van der Waals surface area contributed by atoms with Gasteiger partial charge in [0, 0.05) is 42.5 Å². The molecule has 25 heavy (non-hydrogen) atoms. The predicted molar refractivity (Wildman–Crippen MR) is 92.6 cm³/mol. The van der Waals surface area contributed by atoms with Gasteiger partial charge in [-0.3, -0.25) is 9.97 Å². The van der Waals surface area contributed by atoms with Gasteiger partial charge < -0.3 is 0 Å². The lowest BCUT2D eigenvalue weighted by Crippen LogP contribution is -2.23. The lowest BCUT2D eigenvalue weighted by molar-refractivity contribution is 0.579. The summed E-state index contributed by atoms with van der Waals surface area (Å²) in [6.07, 6.45) is 6.68. The maximum Gasteiger partial charge on any atom is 0.240 e. The van der Waals surface area contributed by atoms with Crippen molar-refractivity contribution in [2.45, 2.75) is 18.4 Å². The number of pyridine rings is 2. The van der Waals surface area contributed by atoms with Crippen LogP contribution in [0.4, 0.5) is 4.39 Å². The SMILES string of the molecule is Cc1cc(S(=O)(=O)NCc2cncc(-c3cccnc3)c2)ccc1F. The number of halogens is 1. The number of benzene rings is 1. The third-order valence-electron chi connectivity index (χ3n) is 3.70. The highest BCUT2D eigenvalue weighted by Crippen LogP contribution is 2.19. The highest BCUT2D eigenvalue weighted by atomic mass is 32.2. The lowest BCUT2D eigenvalue weighted by atomic mass is 10.1. The van der Waals surface area contributed by atoms with Crippen molar-refractivity contribution >= 4 is 10.0 Å². The van der Waals surface area contributed by atoms with Gasteiger partial charge in [0.25, 0.3) is 0 Å². The van der Waals surface area contributed by atoms with E-state index in [1.165, 1.54) is 19.1 Å². The van der Waals surface area contributed by atoms with E-state index in [4.69, 9.17) is 0 Å². The first-order valence-electron chi connectivity index (χ1n) is 7.56. The molecule has 0 atom stereocenters. The smallest absolute Gasteiger partial charge is 0.240 e. The quantitative estimate of drug-likeness (QED) is 0.762. The first kappa shape index (κ1) is 17.2. The van der Waals surface area contributed by atoms with E-state index in [1.807, 2.05) is 18.2 Å². The second-order valence-electron chi connectivity index (χ2n) is 5.56. The van der Waals surface area contributed by atoms with E-state index >= 15 is 0 Å². The minimum atomic E-state index is -3.73. The third kappa shape index (κ3) is 4.07. The molecule has 7 heteroatoms. The average molecular weight is 357 g/mol. The molecule has 128 valence electrons. The van der Waals surface area contributed by atoms with Crippen LogP contribution in [0.1, 0.15) is 11.1 Å². The Labute approximate surface area is 145 Å². The van der Waals surface area contributed by atoms with Crippen LogP contribution in [0, 0.1) is 12.7 Å². The Balaban J connectivity index is 1.78. The first-order valence-corrected chi connectivity index (χ1v) is 9.04. The summed E-state index contributed by atoms with van der Waals surface area (Å²) >= 11 is 0. The number of sulfonamides is 1. The molecule has 0 fully saturated rings. The van der Waals surface area contributed by atoms with Gasteiger partial charge in [0.15, 0.2) is 0 Å². The molecule has 0 saturated heterocycles. The minimum absolute atomic E-state index is 0.0303. The second kappa shape index (κ2) is 7.08. The molecule has 0 aliphatic heterocycles. The molecule has 0 saturated carbocycles. The van der Waals surface area contributed by atoms with Crippen molar-refractivity contribution in [3.63, 3.8) is 0 Å². The Bertz CT molecular complexity index is 992. The molecule has 0 radical (unpaired) electrons. The zero-order chi connectivity index (χ0) is 17.9. The van der Waals surface area contributed by atoms with Gasteiger partial charge in [-0.1, -0.05) is 6.07 Å². The Morgan fingerprint density at radius 2 is 1.84 bits per heavy atom. The number of aromatic nitrogens is 2. The largest absolute Gasteiger partial charge is 0.264 e. The minimum Gasteiger partial charge on any atom is -0.264 e. The Morgan fingerprint density at radius 1 is 1.04 bits per heavy atom. The van der Waals surface area contributed by atoms with E-state index in [0.29, 0.717) is 5.56 Å². The molecule has 0 unspecified atom stereocenters. The van der Waals surface area contributed by atoms with E-state index < -0.39 is 15.8 Å². The van der Waals surface area contributed by atoms with Gasteiger partial charge in [0.2, 0.25) is 10.0 Å². The van der Waals surface area contributed by atoms with Crippen LogP contribution in [0.5, 0.6) is 0 Å². The number of rotatable bonds is 5. The van der Waals surface area contributed by atoms with E-state index in [0.717, 1.165) is 17.2 Å². The average Bonchev–Trinajstić information content (AvgIpc) is 2.63. The number of aryl methyl sites for hydroxylation is 1. The summed E-state index contributed by atoms with van der Waals surface area (Å²) in [6, 6.07) is 9.27. The molecule has 0 bridgehead atoms. The molecule has 1 aromatic carbocycles. The fraction of sp³-hybridized carbons (Fsp3) is 0.111. The normalized spacial score (nSPS) is 11.4. The number of nitrogens with one attached hydrogen (secondary N) is 1. The highest BCUT2D eigenvalue weighted by molar-refractivity contribution is 7.89. The second-order valence-corrected chi connectivity index (χ2v) is 7.33. The number of nitrogens with zero attached hydrogens (tertiary/aromatic N) is 2. The summed E-state index contributed by atoms with van der Waals surface area (Å²) in [5, 5.41) is 0. The van der Waals surface area contributed by atoms with Crippen molar-refractivity contribution in [1.29, 1.82) is 0 Å². The van der Waals surface area contributed by atoms with Gasteiger partial charge in [0.1, 0.15) is 5.82 Å². The topological polar surface area (TPSA) is 72.0 Å². The van der Waals surface area contributed by atoms with E-state index in [-0.39, 0.29) is 17.0 Å². The highest BCUT2D eigenvalue weighted by Gasteiger charge is 2.15. The molecule has 0 amide bonds. The van der Waals surface area contributed by atoms with Gasteiger partial charge in [-0.05, 0) is 48.4 Å². The van der Waals surface area contributed by atoms with Crippen LogP contribution < -0.4 is 4.72 Å². The molecule has 0 spiro atoms. The summed E-state index contributed by atoms with van der Waals surface area (Å²) in [4.78, 5) is 8.24. The molecule has 5 nitrogen and oxygen atoms in total. The summed E-state index contributed by atoms with van der Waals surface area (Å²) < 4.78 is 40.5. The molecular weight excluding hydrogens is 341 g/mol. The summed E-state index contributed by atoms with van der Waals surface area (Å²) in [6.45, 7) is 1.61. The maximum atomic E-state index is 13.3. The van der Waals surface area contributed by atoms with Crippen molar-refractivity contribution < 1.29 is 12.8 Å². The van der Waals surface area contributed by atoms with E-state index in [2.05, 4.69) is 14.7 Å². The molecule has 2 heterocycles. The van der Waals surface area contributed by atoms with Gasteiger partial charge >= 0.3 is 0 Å². The van der Waals surface area contributed by atoms with Gasteiger partial charge in [0.05, 0.1) is 4.90 Å². The van der Waals surface area contributed by atoms with E-state index in [1.54, 1.807) is 24.8 Å². The van der Waals surface area contributed by atoms with Crippen LogP contribution in [-0.4, -0.2) is 18.4 Å². The van der Waals surface area contributed by atoms with Crippen molar-refractivity contribution in [3.05, 3.63) is 78.1 Å². The van der Waals surface area contributed by atoms with Crippen LogP contribution in [0.25, 0.3) is 11.1 Å². The standard InChI is InChI=1S/C18H16FN3O2S/c1-13-7-17(4-5-18(13)19)25(23,24)22-10-14-8-16(12-21-9-14)15-3-2-6-20-11-15/h2-9,11-12,22H,10H2,1H3. The van der Waals surface area contributed by atoms with Gasteiger partial charge in [-0.15, -0.1) is 0 Å². The molecular formula is C18H16FN3O2S. The van der Waals surface area contributed by atoms with Gasteiger partial charge in [-0.2, -0.15) is 0 Å². The summed E-state index contributed by atoms with van der Waals surface area (Å²) in [7, 11) is -3.73. The molecule has 3 aromatic rings. The number of hydrogen-bond donors (Lipinski definition) is 1. The van der Waals surface area contributed by atoms with Gasteiger partial charge in [-0.25, -0.2) is 17.5 Å². The van der Waals surface area contributed by atoms with Crippen molar-refractivity contribution in [3.8, 4) is 11.1 Å². The zero-order valence-electron chi connectivity index (χ0n) is 13.5. The predicted octanol–water partition coefficient (Wildman–Crippen LogP) is 3.07. The summed E-state index contributed by atoms with van der Waals surface area (Å²) in [5.41, 5.74) is 2.74. The van der Waals surface area contributed by atoms with Crippen LogP contribution in [0.2, 0.25) is 0 Å².